The fourth-order valence-corrected chi connectivity index (χ4v) is 3.76. The number of anilines is 1. The molecule has 0 atom stereocenters. The van der Waals surface area contributed by atoms with E-state index in [1.807, 2.05) is 50.2 Å². The maximum Gasteiger partial charge on any atom is 0.270 e. The molecule has 0 saturated heterocycles. The lowest BCUT2D eigenvalue weighted by atomic mass is 10.1. The number of carbonyl (C=O) groups excluding carboxylic acids is 1. The molecule has 31 heavy (non-hydrogen) atoms. The van der Waals surface area contributed by atoms with Crippen LogP contribution in [0, 0.1) is 13.8 Å². The van der Waals surface area contributed by atoms with Crippen molar-refractivity contribution in [2.24, 2.45) is 0 Å². The lowest BCUT2D eigenvalue weighted by molar-refractivity contribution is 0.0945. The van der Waals surface area contributed by atoms with Gasteiger partial charge < -0.3 is 11.1 Å². The van der Waals surface area contributed by atoms with E-state index in [2.05, 4.69) is 20.3 Å². The molecule has 0 aliphatic rings. The Morgan fingerprint density at radius 2 is 1.94 bits per heavy atom. The number of benzene rings is 1. The van der Waals surface area contributed by atoms with Gasteiger partial charge in [0.25, 0.3) is 5.91 Å². The fraction of sp³-hybridized carbons (Fsp3) is 0.167. The minimum Gasteiger partial charge on any atom is -0.384 e. The van der Waals surface area contributed by atoms with Crippen LogP contribution in [0.5, 0.6) is 0 Å². The fourth-order valence-electron chi connectivity index (χ4n) is 3.59. The molecule has 4 aromatic rings. The van der Waals surface area contributed by atoms with Crippen LogP contribution in [-0.2, 0) is 13.0 Å². The van der Waals surface area contributed by atoms with Crippen LogP contribution in [0.1, 0.15) is 38.6 Å². The molecule has 156 valence electrons. The first-order chi connectivity index (χ1) is 14.9. The Labute approximate surface area is 185 Å². The van der Waals surface area contributed by atoms with Gasteiger partial charge in [0.15, 0.2) is 0 Å². The van der Waals surface area contributed by atoms with Crippen molar-refractivity contribution in [3.63, 3.8) is 0 Å². The van der Waals surface area contributed by atoms with Gasteiger partial charge in [0.2, 0.25) is 0 Å². The van der Waals surface area contributed by atoms with Crippen LogP contribution in [0.2, 0.25) is 5.02 Å². The summed E-state index contributed by atoms with van der Waals surface area (Å²) in [6, 6.07) is 15.2. The second-order valence-corrected chi connectivity index (χ2v) is 7.92. The number of fused-ring (bicyclic) bond motifs is 1. The van der Waals surface area contributed by atoms with Crippen molar-refractivity contribution in [1.29, 1.82) is 0 Å². The minimum atomic E-state index is -0.230. The maximum absolute atomic E-state index is 12.7. The van der Waals surface area contributed by atoms with E-state index in [4.69, 9.17) is 17.3 Å². The van der Waals surface area contributed by atoms with Crippen molar-refractivity contribution in [3.05, 3.63) is 93.5 Å². The Kier molecular flexibility index (Phi) is 5.82. The average Bonchev–Trinajstić information content (AvgIpc) is 2.72. The normalized spacial score (nSPS) is 10.9. The van der Waals surface area contributed by atoms with Crippen LogP contribution in [-0.4, -0.2) is 20.9 Å². The summed E-state index contributed by atoms with van der Waals surface area (Å²) >= 11 is 6.06. The van der Waals surface area contributed by atoms with Crippen molar-refractivity contribution < 1.29 is 4.79 Å². The molecule has 4 rings (SSSR count). The molecule has 7 heteroatoms. The van der Waals surface area contributed by atoms with Gasteiger partial charge in [0.05, 0.1) is 10.5 Å². The van der Waals surface area contributed by atoms with Gasteiger partial charge in [-0.25, -0.2) is 9.97 Å². The van der Waals surface area contributed by atoms with Crippen molar-refractivity contribution in [1.82, 2.24) is 20.3 Å². The van der Waals surface area contributed by atoms with Crippen molar-refractivity contribution in [2.75, 3.05) is 5.73 Å². The Balaban J connectivity index is 1.48. The van der Waals surface area contributed by atoms with Gasteiger partial charge in [-0.2, -0.15) is 0 Å². The van der Waals surface area contributed by atoms with Crippen LogP contribution in [0.3, 0.4) is 0 Å². The highest BCUT2D eigenvalue weighted by atomic mass is 35.5. The molecule has 0 fully saturated rings. The van der Waals surface area contributed by atoms with E-state index in [1.165, 1.54) is 0 Å². The summed E-state index contributed by atoms with van der Waals surface area (Å²) in [5.41, 5.74) is 11.7. The molecule has 3 heterocycles. The van der Waals surface area contributed by atoms with Gasteiger partial charge in [-0.15, -0.1) is 0 Å². The number of aryl methyl sites for hydroxylation is 2. The largest absolute Gasteiger partial charge is 0.384 e. The number of nitrogens with zero attached hydrogens (tertiary/aromatic N) is 3. The third-order valence-corrected chi connectivity index (χ3v) is 5.34. The van der Waals surface area contributed by atoms with Gasteiger partial charge in [-0.05, 0) is 66.9 Å². The molecule has 0 bridgehead atoms. The zero-order chi connectivity index (χ0) is 22.0. The summed E-state index contributed by atoms with van der Waals surface area (Å²) in [5, 5.41) is 4.51. The lowest BCUT2D eigenvalue weighted by Crippen LogP contribution is -2.25. The molecule has 1 aromatic carbocycles. The Hall–Kier alpha value is -3.51. The van der Waals surface area contributed by atoms with E-state index in [0.717, 1.165) is 39.0 Å². The highest BCUT2D eigenvalue weighted by Crippen LogP contribution is 2.20. The summed E-state index contributed by atoms with van der Waals surface area (Å²) in [6.07, 6.45) is 2.24. The molecule has 1 amide bonds. The van der Waals surface area contributed by atoms with E-state index in [1.54, 1.807) is 18.3 Å². The number of rotatable bonds is 5. The Bertz CT molecular complexity index is 1270. The standard InChI is InChI=1S/C24H22ClN5O/c1-14-8-23(26)29-15(2)20(14)13-28-24(31)22-5-3-4-19(30-22)10-16-6-7-21-17(9-16)11-18(25)12-27-21/h3-9,11-12H,10,13H2,1-2H3,(H2,26,29)(H,28,31). The van der Waals surface area contributed by atoms with Gasteiger partial charge in [-0.1, -0.05) is 23.7 Å². The molecule has 0 aliphatic heterocycles. The predicted molar refractivity (Wildman–Crippen MR) is 123 cm³/mol. The van der Waals surface area contributed by atoms with Crippen LogP contribution in [0.15, 0.2) is 54.7 Å². The molecule has 3 N–H and O–H groups in total. The first-order valence-electron chi connectivity index (χ1n) is 9.90. The zero-order valence-electron chi connectivity index (χ0n) is 17.3. The number of pyridine rings is 3. The number of aromatic nitrogens is 3. The first kappa shape index (κ1) is 20.8. The minimum absolute atomic E-state index is 0.230. The second kappa shape index (κ2) is 8.70. The number of amides is 1. The van der Waals surface area contributed by atoms with Gasteiger partial charge in [-0.3, -0.25) is 9.78 Å². The molecular weight excluding hydrogens is 410 g/mol. The zero-order valence-corrected chi connectivity index (χ0v) is 18.1. The van der Waals surface area contributed by atoms with Crippen molar-refractivity contribution in [2.45, 2.75) is 26.8 Å². The van der Waals surface area contributed by atoms with Crippen molar-refractivity contribution >= 4 is 34.2 Å². The summed E-state index contributed by atoms with van der Waals surface area (Å²) < 4.78 is 0. The van der Waals surface area contributed by atoms with Gasteiger partial charge in [0.1, 0.15) is 11.5 Å². The second-order valence-electron chi connectivity index (χ2n) is 7.48. The molecule has 6 nitrogen and oxygen atoms in total. The molecule has 0 radical (unpaired) electrons. The number of nitrogens with two attached hydrogens (primary N) is 1. The molecule has 0 spiro atoms. The Morgan fingerprint density at radius 3 is 2.74 bits per heavy atom. The summed E-state index contributed by atoms with van der Waals surface area (Å²) in [7, 11) is 0. The molecular formula is C24H22ClN5O. The number of halogens is 1. The highest BCUT2D eigenvalue weighted by Gasteiger charge is 2.11. The van der Waals surface area contributed by atoms with E-state index in [9.17, 15) is 4.79 Å². The quantitative estimate of drug-likeness (QED) is 0.488. The van der Waals surface area contributed by atoms with E-state index < -0.39 is 0 Å². The SMILES string of the molecule is Cc1cc(N)nc(C)c1CNC(=O)c1cccc(Cc2ccc3ncc(Cl)cc3c2)n1. The Morgan fingerprint density at radius 1 is 1.10 bits per heavy atom. The summed E-state index contributed by atoms with van der Waals surface area (Å²) in [4.78, 5) is 25.8. The van der Waals surface area contributed by atoms with Crippen molar-refractivity contribution in [3.8, 4) is 0 Å². The van der Waals surface area contributed by atoms with Crippen LogP contribution in [0.4, 0.5) is 5.82 Å². The van der Waals surface area contributed by atoms with Gasteiger partial charge in [0, 0.05) is 35.9 Å². The lowest BCUT2D eigenvalue weighted by Gasteiger charge is -2.11. The topological polar surface area (TPSA) is 93.8 Å². The van der Waals surface area contributed by atoms with E-state index in [-0.39, 0.29) is 5.91 Å². The third kappa shape index (κ3) is 4.81. The number of hydrogen-bond acceptors (Lipinski definition) is 5. The highest BCUT2D eigenvalue weighted by molar-refractivity contribution is 6.31. The molecule has 0 saturated carbocycles. The first-order valence-corrected chi connectivity index (χ1v) is 10.3. The molecule has 3 aromatic heterocycles. The monoisotopic (exact) mass is 431 g/mol. The summed E-state index contributed by atoms with van der Waals surface area (Å²) in [6.45, 7) is 4.21. The number of hydrogen-bond donors (Lipinski definition) is 2. The molecule has 0 aliphatic carbocycles. The number of nitrogen functional groups attached to an aromatic ring is 1. The molecule has 0 unspecified atom stereocenters. The third-order valence-electron chi connectivity index (χ3n) is 5.14. The number of carbonyl (C=O) groups is 1. The van der Waals surface area contributed by atoms with Crippen LogP contribution in [0.25, 0.3) is 10.9 Å². The average molecular weight is 432 g/mol. The van der Waals surface area contributed by atoms with Crippen LogP contribution < -0.4 is 11.1 Å². The van der Waals surface area contributed by atoms with Gasteiger partial charge >= 0.3 is 0 Å². The number of nitrogens with one attached hydrogen (secondary N) is 1. The summed E-state index contributed by atoms with van der Waals surface area (Å²) in [5.74, 6) is 0.248. The van der Waals surface area contributed by atoms with E-state index >= 15 is 0 Å². The smallest absolute Gasteiger partial charge is 0.270 e. The van der Waals surface area contributed by atoms with Crippen LogP contribution >= 0.6 is 11.6 Å². The predicted octanol–water partition coefficient (Wildman–Crippen LogP) is 4.40. The maximum atomic E-state index is 12.7. The van der Waals surface area contributed by atoms with E-state index in [0.29, 0.717) is 29.5 Å².